The highest BCUT2D eigenvalue weighted by Gasteiger charge is 2.20. The Kier molecular flexibility index (Phi) is 5.39. The lowest BCUT2D eigenvalue weighted by Crippen LogP contribution is -2.25. The van der Waals surface area contributed by atoms with Crippen molar-refractivity contribution in [3.8, 4) is 0 Å². The molecule has 0 bridgehead atoms. The molecule has 0 saturated heterocycles. The van der Waals surface area contributed by atoms with Crippen LogP contribution in [0.2, 0.25) is 0 Å². The molecule has 3 rings (SSSR count). The van der Waals surface area contributed by atoms with Crippen molar-refractivity contribution >= 4 is 23.6 Å². The lowest BCUT2D eigenvalue weighted by molar-refractivity contribution is 0.720. The molecule has 6 heteroatoms. The van der Waals surface area contributed by atoms with Crippen molar-refractivity contribution in [3.05, 3.63) is 55.6 Å². The molecule has 154 valence electrons. The van der Waals surface area contributed by atoms with Gasteiger partial charge in [0.1, 0.15) is 5.36 Å². The van der Waals surface area contributed by atoms with Crippen LogP contribution in [-0.4, -0.2) is 28.7 Å². The van der Waals surface area contributed by atoms with E-state index in [1.165, 1.54) is 4.52 Å². The Morgan fingerprint density at radius 2 is 1.69 bits per heavy atom. The molecule has 2 aromatic heterocycles. The fourth-order valence-electron chi connectivity index (χ4n) is 3.72. The summed E-state index contributed by atoms with van der Waals surface area (Å²) in [6.45, 7) is 16.4. The van der Waals surface area contributed by atoms with Crippen molar-refractivity contribution in [1.82, 2.24) is 14.6 Å². The van der Waals surface area contributed by atoms with Crippen LogP contribution in [0.5, 0.6) is 0 Å². The number of anilines is 1. The summed E-state index contributed by atoms with van der Waals surface area (Å²) in [6, 6.07) is 4.22. The van der Waals surface area contributed by atoms with E-state index in [0.717, 1.165) is 33.8 Å². The van der Waals surface area contributed by atoms with E-state index in [1.807, 2.05) is 41.8 Å². The molecule has 0 atom stereocenters. The fraction of sp³-hybridized carbons (Fsp3) is 0.435. The summed E-state index contributed by atoms with van der Waals surface area (Å²) >= 11 is 0. The van der Waals surface area contributed by atoms with Gasteiger partial charge in [-0.3, -0.25) is 9.89 Å². The van der Waals surface area contributed by atoms with Gasteiger partial charge in [0, 0.05) is 25.3 Å². The van der Waals surface area contributed by atoms with Gasteiger partial charge in [0.15, 0.2) is 5.65 Å². The zero-order valence-corrected chi connectivity index (χ0v) is 18.7. The largest absolute Gasteiger partial charge is 0.378 e. The van der Waals surface area contributed by atoms with Gasteiger partial charge in [0.25, 0.3) is 5.56 Å². The normalized spacial score (nSPS) is 12.6. The van der Waals surface area contributed by atoms with E-state index in [1.54, 1.807) is 0 Å². The molecule has 0 amide bonds. The molecule has 0 saturated carbocycles. The van der Waals surface area contributed by atoms with Crippen LogP contribution in [0.25, 0.3) is 12.2 Å². The monoisotopic (exact) mass is 393 g/mol. The van der Waals surface area contributed by atoms with E-state index >= 15 is 0 Å². The Morgan fingerprint density at radius 3 is 2.17 bits per heavy atom. The summed E-state index contributed by atoms with van der Waals surface area (Å²) in [4.78, 5) is 25.0. The van der Waals surface area contributed by atoms with Crippen LogP contribution in [0.4, 0.5) is 11.4 Å². The molecule has 29 heavy (non-hydrogen) atoms. The molecule has 0 aliphatic rings. The third kappa shape index (κ3) is 3.59. The molecule has 1 N–H and O–H groups in total. The molecule has 0 aliphatic heterocycles. The average Bonchev–Trinajstić information content (AvgIpc) is 2.93. The second-order valence-electron chi connectivity index (χ2n) is 8.56. The summed E-state index contributed by atoms with van der Waals surface area (Å²) in [7, 11) is 4.05. The first-order chi connectivity index (χ1) is 13.5. The summed E-state index contributed by atoms with van der Waals surface area (Å²) in [6.07, 6.45) is 0. The number of nitrogens with one attached hydrogen (secondary N) is 1. The number of fused-ring (bicyclic) bond motifs is 1. The van der Waals surface area contributed by atoms with Crippen LogP contribution in [0.1, 0.15) is 61.9 Å². The number of benzene rings is 1. The van der Waals surface area contributed by atoms with Crippen LogP contribution in [0, 0.1) is 13.8 Å². The van der Waals surface area contributed by atoms with Crippen molar-refractivity contribution in [2.75, 3.05) is 19.0 Å². The van der Waals surface area contributed by atoms with Gasteiger partial charge in [-0.2, -0.15) is 4.52 Å². The topological polar surface area (TPSA) is 65.8 Å². The van der Waals surface area contributed by atoms with Gasteiger partial charge in [-0.25, -0.2) is 9.98 Å². The number of H-pyrrole nitrogens is 1. The van der Waals surface area contributed by atoms with Crippen LogP contribution >= 0.6 is 0 Å². The number of hydrogen-bond acceptors (Lipinski definition) is 4. The van der Waals surface area contributed by atoms with E-state index in [-0.39, 0.29) is 17.4 Å². The molecule has 3 aromatic rings. The number of aromatic amines is 1. The maximum absolute atomic E-state index is 13.2. The Labute approximate surface area is 171 Å². The Balaban J connectivity index is 2.39. The Morgan fingerprint density at radius 1 is 1.10 bits per heavy atom. The predicted octanol–water partition coefficient (Wildman–Crippen LogP) is 3.31. The van der Waals surface area contributed by atoms with Gasteiger partial charge in [-0.15, -0.1) is 0 Å². The van der Waals surface area contributed by atoms with Crippen LogP contribution in [0.15, 0.2) is 21.9 Å². The molecular weight excluding hydrogens is 362 g/mol. The molecule has 2 heterocycles. The second-order valence-corrected chi connectivity index (χ2v) is 8.56. The molecule has 1 aromatic carbocycles. The van der Waals surface area contributed by atoms with E-state index in [0.29, 0.717) is 16.4 Å². The first-order valence-electron chi connectivity index (χ1n) is 10.0. The second kappa shape index (κ2) is 7.50. The third-order valence-corrected chi connectivity index (χ3v) is 5.23. The van der Waals surface area contributed by atoms with Gasteiger partial charge in [0.05, 0.1) is 16.7 Å². The van der Waals surface area contributed by atoms with Crippen molar-refractivity contribution in [2.45, 2.75) is 53.4 Å². The number of hydrogen-bond donors (Lipinski definition) is 1. The minimum Gasteiger partial charge on any atom is -0.378 e. The predicted molar refractivity (Wildman–Crippen MR) is 120 cm³/mol. The van der Waals surface area contributed by atoms with Crippen molar-refractivity contribution in [1.29, 1.82) is 0 Å². The summed E-state index contributed by atoms with van der Waals surface area (Å²) in [5.74, 6) is 0.230. The molecule has 6 nitrogen and oxygen atoms in total. The molecular formula is C23H31N5O. The minimum absolute atomic E-state index is 0.0727. The third-order valence-electron chi connectivity index (χ3n) is 5.23. The van der Waals surface area contributed by atoms with E-state index in [2.05, 4.69) is 42.6 Å². The summed E-state index contributed by atoms with van der Waals surface area (Å²) in [5.41, 5.74) is 6.18. The SMILES string of the molecule is C=c1[nH]n2c(=O)c(C(C)C)c(C(C)C)nc2c1=Nc1c(C)cc(N(C)C)cc1C. The maximum Gasteiger partial charge on any atom is 0.276 e. The highest BCUT2D eigenvalue weighted by atomic mass is 16.1. The number of rotatable bonds is 4. The molecule has 0 radical (unpaired) electrons. The van der Waals surface area contributed by atoms with Crippen molar-refractivity contribution in [3.63, 3.8) is 0 Å². The standard InChI is InChI=1S/C23H31N5O/c1-12(2)18-19(13(3)4)25-22-21(16(7)26-28(22)23(18)29)24-20-14(5)10-17(27(8)9)11-15(20)6/h10-13,26H,7H2,1-6,8-9H3. The quantitative estimate of drug-likeness (QED) is 0.739. The van der Waals surface area contributed by atoms with Crippen molar-refractivity contribution < 1.29 is 0 Å². The first kappa shape index (κ1) is 20.8. The van der Waals surface area contributed by atoms with Crippen molar-refractivity contribution in [2.24, 2.45) is 4.99 Å². The molecule has 0 fully saturated rings. The van der Waals surface area contributed by atoms with Crippen LogP contribution < -0.4 is 21.2 Å². The number of aryl methyl sites for hydroxylation is 2. The van der Waals surface area contributed by atoms with E-state index in [4.69, 9.17) is 9.98 Å². The van der Waals surface area contributed by atoms with Gasteiger partial charge >= 0.3 is 0 Å². The average molecular weight is 394 g/mol. The smallest absolute Gasteiger partial charge is 0.276 e. The van der Waals surface area contributed by atoms with E-state index in [9.17, 15) is 4.79 Å². The summed E-state index contributed by atoms with van der Waals surface area (Å²) in [5, 5.41) is 4.27. The zero-order chi connectivity index (χ0) is 21.6. The Hall–Kier alpha value is -2.89. The van der Waals surface area contributed by atoms with Gasteiger partial charge in [-0.1, -0.05) is 34.3 Å². The lowest BCUT2D eigenvalue weighted by Gasteiger charge is -2.16. The Bertz CT molecular complexity index is 1220. The van der Waals surface area contributed by atoms with Gasteiger partial charge < -0.3 is 4.90 Å². The zero-order valence-electron chi connectivity index (χ0n) is 18.7. The van der Waals surface area contributed by atoms with E-state index < -0.39 is 0 Å². The highest BCUT2D eigenvalue weighted by Crippen LogP contribution is 2.28. The van der Waals surface area contributed by atoms with Gasteiger partial charge in [-0.05, 0) is 48.9 Å². The number of nitrogens with zero attached hydrogens (tertiary/aromatic N) is 4. The minimum atomic E-state index is -0.0727. The van der Waals surface area contributed by atoms with Crippen LogP contribution in [0.3, 0.4) is 0 Å². The highest BCUT2D eigenvalue weighted by molar-refractivity contribution is 5.62. The lowest BCUT2D eigenvalue weighted by atomic mass is 9.96. The van der Waals surface area contributed by atoms with Crippen LogP contribution in [-0.2, 0) is 0 Å². The molecule has 0 spiro atoms. The molecule has 0 unspecified atom stereocenters. The first-order valence-corrected chi connectivity index (χ1v) is 10.0. The van der Waals surface area contributed by atoms with Gasteiger partial charge in [0.2, 0.25) is 0 Å². The summed E-state index contributed by atoms with van der Waals surface area (Å²) < 4.78 is 1.49. The maximum atomic E-state index is 13.2. The number of aromatic nitrogens is 3. The molecule has 0 aliphatic carbocycles. The fourth-order valence-corrected chi connectivity index (χ4v) is 3.72.